The fourth-order valence-corrected chi connectivity index (χ4v) is 2.11. The van der Waals surface area contributed by atoms with Crippen LogP contribution in [0.5, 0.6) is 0 Å². The lowest BCUT2D eigenvalue weighted by Gasteiger charge is -2.03. The first-order valence-corrected chi connectivity index (χ1v) is 6.07. The lowest BCUT2D eigenvalue weighted by atomic mass is 10.0. The van der Waals surface area contributed by atoms with Crippen molar-refractivity contribution in [2.24, 2.45) is 0 Å². The summed E-state index contributed by atoms with van der Waals surface area (Å²) >= 11 is 3.13. The number of Topliss-reactive ketones (excluding diaryl/α,β-unsaturated/α-hetero) is 1. The topological polar surface area (TPSA) is 17.1 Å². The van der Waals surface area contributed by atoms with Crippen molar-refractivity contribution >= 4 is 21.7 Å². The molecule has 0 aliphatic carbocycles. The van der Waals surface area contributed by atoms with E-state index in [4.69, 9.17) is 0 Å². The summed E-state index contributed by atoms with van der Waals surface area (Å²) in [5.74, 6) is -1.12. The highest BCUT2D eigenvalue weighted by molar-refractivity contribution is 9.10. The number of rotatable bonds is 3. The molecule has 0 aromatic heterocycles. The molecule has 2 aromatic carbocycles. The van der Waals surface area contributed by atoms with Gasteiger partial charge in [0.05, 0.1) is 0 Å². The van der Waals surface area contributed by atoms with Crippen LogP contribution in [0.25, 0.3) is 0 Å². The maximum absolute atomic E-state index is 13.1. The first-order chi connectivity index (χ1) is 8.54. The summed E-state index contributed by atoms with van der Waals surface area (Å²) in [7, 11) is 0. The molecule has 0 spiro atoms. The van der Waals surface area contributed by atoms with Crippen LogP contribution in [0.2, 0.25) is 0 Å². The molecular formula is C14H9BrF2O. The van der Waals surface area contributed by atoms with Crippen molar-refractivity contribution in [3.05, 3.63) is 69.7 Å². The summed E-state index contributed by atoms with van der Waals surface area (Å²) in [5.41, 5.74) is 0.839. The normalized spacial score (nSPS) is 10.4. The SMILES string of the molecule is O=C(Cc1cccc(F)c1)c1cc(F)cc(Br)c1. The van der Waals surface area contributed by atoms with Crippen LogP contribution in [0, 0.1) is 11.6 Å². The molecule has 0 radical (unpaired) electrons. The van der Waals surface area contributed by atoms with E-state index in [1.807, 2.05) is 0 Å². The third-order valence-corrected chi connectivity index (χ3v) is 2.90. The zero-order valence-electron chi connectivity index (χ0n) is 9.29. The Balaban J connectivity index is 2.22. The predicted octanol–water partition coefficient (Wildman–Crippen LogP) is 4.15. The standard InChI is InChI=1S/C14H9BrF2O/c15-11-6-10(7-13(17)8-11)14(18)5-9-2-1-3-12(16)4-9/h1-4,6-8H,5H2. The Kier molecular flexibility index (Phi) is 3.87. The maximum Gasteiger partial charge on any atom is 0.167 e. The molecule has 1 nitrogen and oxygen atoms in total. The fraction of sp³-hybridized carbons (Fsp3) is 0.0714. The van der Waals surface area contributed by atoms with E-state index in [9.17, 15) is 13.6 Å². The summed E-state index contributed by atoms with van der Waals surface area (Å²) in [6.45, 7) is 0. The van der Waals surface area contributed by atoms with E-state index in [2.05, 4.69) is 15.9 Å². The van der Waals surface area contributed by atoms with Gasteiger partial charge in [0.25, 0.3) is 0 Å². The predicted molar refractivity (Wildman–Crippen MR) is 68.5 cm³/mol. The second-order valence-corrected chi connectivity index (χ2v) is 4.80. The van der Waals surface area contributed by atoms with Gasteiger partial charge in [0.15, 0.2) is 5.78 Å². The summed E-state index contributed by atoms with van der Waals surface area (Å²) in [6.07, 6.45) is 0.0493. The van der Waals surface area contributed by atoms with E-state index >= 15 is 0 Å². The number of halogens is 3. The van der Waals surface area contributed by atoms with E-state index in [1.54, 1.807) is 18.2 Å². The molecule has 0 heterocycles. The van der Waals surface area contributed by atoms with Crippen molar-refractivity contribution in [2.45, 2.75) is 6.42 Å². The first-order valence-electron chi connectivity index (χ1n) is 5.28. The number of hydrogen-bond acceptors (Lipinski definition) is 1. The van der Waals surface area contributed by atoms with Gasteiger partial charge in [-0.3, -0.25) is 4.79 Å². The molecule has 18 heavy (non-hydrogen) atoms. The fourth-order valence-electron chi connectivity index (χ4n) is 1.65. The van der Waals surface area contributed by atoms with Crippen LogP contribution in [0.1, 0.15) is 15.9 Å². The Hall–Kier alpha value is -1.55. The number of carbonyl (C=O) groups excluding carboxylic acids is 1. The monoisotopic (exact) mass is 310 g/mol. The lowest BCUT2D eigenvalue weighted by molar-refractivity contribution is 0.0992. The molecule has 0 fully saturated rings. The maximum atomic E-state index is 13.1. The van der Waals surface area contributed by atoms with E-state index in [-0.39, 0.29) is 23.6 Å². The first kappa shape index (κ1) is 12.9. The van der Waals surface area contributed by atoms with Gasteiger partial charge in [-0.2, -0.15) is 0 Å². The molecule has 0 N–H and O–H groups in total. The van der Waals surface area contributed by atoms with Gasteiger partial charge >= 0.3 is 0 Å². The summed E-state index contributed by atoms with van der Waals surface area (Å²) in [5, 5.41) is 0. The van der Waals surface area contributed by atoms with E-state index in [0.717, 1.165) is 0 Å². The zero-order valence-corrected chi connectivity index (χ0v) is 10.9. The van der Waals surface area contributed by atoms with E-state index in [0.29, 0.717) is 10.0 Å². The molecular weight excluding hydrogens is 302 g/mol. The van der Waals surface area contributed by atoms with Crippen LogP contribution in [0.15, 0.2) is 46.9 Å². The Morgan fingerprint density at radius 2 is 1.83 bits per heavy atom. The van der Waals surface area contributed by atoms with Crippen LogP contribution >= 0.6 is 15.9 Å². The van der Waals surface area contributed by atoms with Crippen LogP contribution in [-0.4, -0.2) is 5.78 Å². The van der Waals surface area contributed by atoms with Gasteiger partial charge in [-0.25, -0.2) is 8.78 Å². The lowest BCUT2D eigenvalue weighted by Crippen LogP contribution is -2.04. The van der Waals surface area contributed by atoms with Crippen molar-refractivity contribution < 1.29 is 13.6 Å². The molecule has 0 bridgehead atoms. The largest absolute Gasteiger partial charge is 0.294 e. The van der Waals surface area contributed by atoms with Gasteiger partial charge in [0, 0.05) is 16.5 Å². The Morgan fingerprint density at radius 3 is 2.50 bits per heavy atom. The van der Waals surface area contributed by atoms with Gasteiger partial charge < -0.3 is 0 Å². The molecule has 2 aromatic rings. The summed E-state index contributed by atoms with van der Waals surface area (Å²) < 4.78 is 26.6. The van der Waals surface area contributed by atoms with Gasteiger partial charge in [0.1, 0.15) is 11.6 Å². The number of benzene rings is 2. The Morgan fingerprint density at radius 1 is 1.06 bits per heavy atom. The third-order valence-electron chi connectivity index (χ3n) is 2.44. The van der Waals surface area contributed by atoms with Gasteiger partial charge in [-0.1, -0.05) is 28.1 Å². The zero-order chi connectivity index (χ0) is 13.1. The number of ketones is 1. The average molecular weight is 311 g/mol. The molecule has 0 aliphatic rings. The van der Waals surface area contributed by atoms with Gasteiger partial charge in [-0.15, -0.1) is 0 Å². The molecule has 0 saturated carbocycles. The molecule has 0 atom stereocenters. The smallest absolute Gasteiger partial charge is 0.167 e. The molecule has 2 rings (SSSR count). The van der Waals surface area contributed by atoms with Crippen molar-refractivity contribution in [1.82, 2.24) is 0 Å². The second kappa shape index (κ2) is 5.40. The van der Waals surface area contributed by atoms with E-state index in [1.165, 1.54) is 24.3 Å². The van der Waals surface area contributed by atoms with Crippen LogP contribution in [0.3, 0.4) is 0 Å². The van der Waals surface area contributed by atoms with Crippen molar-refractivity contribution in [1.29, 1.82) is 0 Å². The van der Waals surface area contributed by atoms with Crippen LogP contribution < -0.4 is 0 Å². The van der Waals surface area contributed by atoms with Crippen LogP contribution in [-0.2, 0) is 6.42 Å². The summed E-state index contributed by atoms with van der Waals surface area (Å²) in [6, 6.07) is 9.81. The number of hydrogen-bond donors (Lipinski definition) is 0. The molecule has 0 aliphatic heterocycles. The van der Waals surface area contributed by atoms with E-state index < -0.39 is 5.82 Å². The molecule has 0 unspecified atom stereocenters. The molecule has 0 saturated heterocycles. The minimum Gasteiger partial charge on any atom is -0.294 e. The minimum atomic E-state index is -0.480. The highest BCUT2D eigenvalue weighted by Gasteiger charge is 2.09. The minimum absolute atomic E-state index is 0.0493. The highest BCUT2D eigenvalue weighted by atomic mass is 79.9. The molecule has 4 heteroatoms. The van der Waals surface area contributed by atoms with Crippen molar-refractivity contribution in [2.75, 3.05) is 0 Å². The Labute approximate surface area is 112 Å². The average Bonchev–Trinajstić information content (AvgIpc) is 2.27. The summed E-state index contributed by atoms with van der Waals surface area (Å²) in [4.78, 5) is 11.9. The molecule has 92 valence electrons. The van der Waals surface area contributed by atoms with Crippen molar-refractivity contribution in [3.63, 3.8) is 0 Å². The number of carbonyl (C=O) groups is 1. The second-order valence-electron chi connectivity index (χ2n) is 3.89. The van der Waals surface area contributed by atoms with Crippen LogP contribution in [0.4, 0.5) is 8.78 Å². The molecule has 0 amide bonds. The highest BCUT2D eigenvalue weighted by Crippen LogP contribution is 2.17. The Bertz CT molecular complexity index is 576. The quantitative estimate of drug-likeness (QED) is 0.778. The van der Waals surface area contributed by atoms with Crippen molar-refractivity contribution in [3.8, 4) is 0 Å². The third kappa shape index (κ3) is 3.23. The van der Waals surface area contributed by atoms with Gasteiger partial charge in [-0.05, 0) is 35.9 Å². The van der Waals surface area contributed by atoms with Gasteiger partial charge in [0.2, 0.25) is 0 Å².